The third-order valence-corrected chi connectivity index (χ3v) is 9.51. The number of furan rings is 1. The Morgan fingerprint density at radius 3 is 2.55 bits per heavy atom. The molecule has 0 bridgehead atoms. The second-order valence-corrected chi connectivity index (χ2v) is 11.8. The summed E-state index contributed by atoms with van der Waals surface area (Å²) in [7, 11) is -4.24. The molecule has 2 aliphatic rings. The van der Waals surface area contributed by atoms with Gasteiger partial charge in [0.1, 0.15) is 27.8 Å². The van der Waals surface area contributed by atoms with E-state index in [0.29, 0.717) is 30.8 Å². The summed E-state index contributed by atoms with van der Waals surface area (Å²) in [5.74, 6) is 0.624. The summed E-state index contributed by atoms with van der Waals surface area (Å²) in [6, 6.07) is 5.58. The molecule has 2 atom stereocenters. The molecule has 1 aromatic heterocycles. The van der Waals surface area contributed by atoms with Crippen LogP contribution in [0.15, 0.2) is 43.2 Å². The molecular weight excluding hydrogens is 536 g/mol. The zero-order chi connectivity index (χ0) is 27.4. The molecule has 0 radical (unpaired) electrons. The molecule has 0 saturated carbocycles. The van der Waals surface area contributed by atoms with Crippen molar-refractivity contribution in [2.24, 2.45) is 0 Å². The van der Waals surface area contributed by atoms with Crippen molar-refractivity contribution in [1.82, 2.24) is 9.21 Å². The van der Waals surface area contributed by atoms with Crippen molar-refractivity contribution in [3.05, 3.63) is 61.3 Å². The molecule has 13 heteroatoms. The molecule has 5 rings (SSSR count). The summed E-state index contributed by atoms with van der Waals surface area (Å²) in [4.78, 5) is 38.0. The van der Waals surface area contributed by atoms with Gasteiger partial charge in [0.25, 0.3) is 10.9 Å². The molecule has 2 aromatic carbocycles. The van der Waals surface area contributed by atoms with E-state index < -0.39 is 31.5 Å². The summed E-state index contributed by atoms with van der Waals surface area (Å²) in [6.07, 6.45) is 1.49. The van der Waals surface area contributed by atoms with Gasteiger partial charge in [0, 0.05) is 32.1 Å². The molecule has 0 aliphatic carbocycles. The number of sulfonamides is 1. The number of carbonyl (C=O) groups is 1. The zero-order valence-corrected chi connectivity index (χ0v) is 22.4. The Morgan fingerprint density at radius 1 is 1.13 bits per heavy atom. The zero-order valence-electron chi connectivity index (χ0n) is 20.8. The lowest BCUT2D eigenvalue weighted by molar-refractivity contribution is -0.130. The molecule has 38 heavy (non-hydrogen) atoms. The van der Waals surface area contributed by atoms with E-state index in [1.54, 1.807) is 24.0 Å². The van der Waals surface area contributed by atoms with Gasteiger partial charge in [0.15, 0.2) is 5.75 Å². The standard InChI is InChI=1S/C25H27ClN4O7S/c1-3-16(18-8-4-13(2)37-18)27-20-21(24(34)23(20)33)28-17-7-6-15(26)25(22(17)32)38(35,36)29-10-11-30-14(12-29)5-9-19(30)31/h4,6-8,14,16,27-28,32H,3,5,9-12H2,1-2H3. The molecule has 2 unspecified atom stereocenters. The molecule has 2 fully saturated rings. The predicted octanol–water partition coefficient (Wildman–Crippen LogP) is 2.85. The minimum Gasteiger partial charge on any atom is -0.504 e. The predicted molar refractivity (Wildman–Crippen MR) is 141 cm³/mol. The number of phenolic OH excluding ortho intramolecular Hbond substituents is 1. The maximum absolute atomic E-state index is 13.5. The number of nitrogens with zero attached hydrogens (tertiary/aromatic N) is 2. The Labute approximate surface area is 223 Å². The minimum atomic E-state index is -4.24. The van der Waals surface area contributed by atoms with Crippen LogP contribution in [0.1, 0.15) is 43.7 Å². The van der Waals surface area contributed by atoms with Gasteiger partial charge in [-0.15, -0.1) is 0 Å². The fourth-order valence-electron chi connectivity index (χ4n) is 5.05. The van der Waals surface area contributed by atoms with Gasteiger partial charge in [-0.2, -0.15) is 4.31 Å². The average Bonchev–Trinajstić information content (AvgIpc) is 3.49. The van der Waals surface area contributed by atoms with Crippen molar-refractivity contribution in [2.45, 2.75) is 50.1 Å². The van der Waals surface area contributed by atoms with Crippen LogP contribution in [0.4, 0.5) is 17.1 Å². The van der Waals surface area contributed by atoms with Gasteiger partial charge in [-0.05, 0) is 44.0 Å². The van der Waals surface area contributed by atoms with Crippen molar-refractivity contribution in [1.29, 1.82) is 0 Å². The third-order valence-electron chi connectivity index (χ3n) is 7.14. The molecule has 3 N–H and O–H groups in total. The van der Waals surface area contributed by atoms with E-state index in [1.165, 1.54) is 16.4 Å². The number of carbonyl (C=O) groups excluding carboxylic acids is 1. The number of hydrogen-bond acceptors (Lipinski definition) is 9. The molecule has 3 heterocycles. The van der Waals surface area contributed by atoms with Crippen molar-refractivity contribution in [3.8, 4) is 5.75 Å². The van der Waals surface area contributed by atoms with Crippen molar-refractivity contribution in [3.63, 3.8) is 0 Å². The number of benzene rings is 1. The highest BCUT2D eigenvalue weighted by molar-refractivity contribution is 7.89. The fourth-order valence-corrected chi connectivity index (χ4v) is 7.11. The summed E-state index contributed by atoms with van der Waals surface area (Å²) in [6.45, 7) is 4.10. The monoisotopic (exact) mass is 562 g/mol. The molecule has 202 valence electrons. The maximum Gasteiger partial charge on any atom is 0.253 e. The Kier molecular flexibility index (Phi) is 6.74. The first-order valence-corrected chi connectivity index (χ1v) is 14.1. The first kappa shape index (κ1) is 26.3. The van der Waals surface area contributed by atoms with Gasteiger partial charge >= 0.3 is 0 Å². The van der Waals surface area contributed by atoms with Crippen molar-refractivity contribution < 1.29 is 22.7 Å². The van der Waals surface area contributed by atoms with Crippen LogP contribution in [-0.2, 0) is 14.8 Å². The first-order valence-electron chi connectivity index (χ1n) is 12.3. The number of rotatable bonds is 8. The lowest BCUT2D eigenvalue weighted by Crippen LogP contribution is -2.53. The summed E-state index contributed by atoms with van der Waals surface area (Å²) in [5.41, 5.74) is -1.73. The normalized spacial score (nSPS) is 19.1. The van der Waals surface area contributed by atoms with E-state index in [2.05, 4.69) is 10.6 Å². The summed E-state index contributed by atoms with van der Waals surface area (Å²) >= 11 is 6.25. The average molecular weight is 563 g/mol. The van der Waals surface area contributed by atoms with Gasteiger partial charge in [0.2, 0.25) is 15.9 Å². The number of phenols is 1. The number of aromatic hydroxyl groups is 1. The Morgan fingerprint density at radius 2 is 1.87 bits per heavy atom. The number of aryl methyl sites for hydroxylation is 1. The van der Waals surface area contributed by atoms with Crippen LogP contribution in [0.2, 0.25) is 5.02 Å². The highest BCUT2D eigenvalue weighted by Gasteiger charge is 2.41. The van der Waals surface area contributed by atoms with Crippen molar-refractivity contribution >= 4 is 44.6 Å². The van der Waals surface area contributed by atoms with Gasteiger partial charge in [-0.3, -0.25) is 14.4 Å². The largest absolute Gasteiger partial charge is 0.504 e. The van der Waals surface area contributed by atoms with E-state index in [4.69, 9.17) is 16.0 Å². The topological polar surface area (TPSA) is 149 Å². The number of piperazine rings is 1. The number of hydrogen-bond donors (Lipinski definition) is 3. The van der Waals surface area contributed by atoms with E-state index >= 15 is 0 Å². The van der Waals surface area contributed by atoms with Crippen LogP contribution in [-0.4, -0.2) is 54.3 Å². The number of fused-ring (bicyclic) bond motifs is 1. The Bertz CT molecular complexity index is 1590. The second-order valence-electron chi connectivity index (χ2n) is 9.50. The number of anilines is 3. The molecule has 3 aromatic rings. The fraction of sp³-hybridized carbons (Fsp3) is 0.400. The third kappa shape index (κ3) is 4.36. The highest BCUT2D eigenvalue weighted by Crippen LogP contribution is 2.41. The van der Waals surface area contributed by atoms with Gasteiger partial charge < -0.3 is 25.1 Å². The summed E-state index contributed by atoms with van der Waals surface area (Å²) in [5, 5.41) is 16.6. The van der Waals surface area contributed by atoms with Crippen LogP contribution in [0.3, 0.4) is 0 Å². The minimum absolute atomic E-state index is 0.00372. The van der Waals surface area contributed by atoms with Crippen LogP contribution >= 0.6 is 11.6 Å². The van der Waals surface area contributed by atoms with Gasteiger partial charge in [0.05, 0.1) is 16.8 Å². The lowest BCUT2D eigenvalue weighted by atomic mass is 10.1. The second kappa shape index (κ2) is 9.75. The van der Waals surface area contributed by atoms with E-state index in [0.717, 1.165) is 0 Å². The molecule has 11 nitrogen and oxygen atoms in total. The van der Waals surface area contributed by atoms with Crippen LogP contribution in [0, 0.1) is 6.92 Å². The lowest BCUT2D eigenvalue weighted by Gasteiger charge is -2.37. The molecule has 2 aliphatic heterocycles. The number of amides is 1. The molecule has 0 spiro atoms. The SMILES string of the molecule is CCC(Nc1c(Nc2ccc(Cl)c(S(=O)(=O)N3CCN4C(=O)CCC4C3)c2O)c(=O)c1=O)c1ccc(C)o1. The van der Waals surface area contributed by atoms with Crippen LogP contribution in [0.25, 0.3) is 0 Å². The summed E-state index contributed by atoms with van der Waals surface area (Å²) < 4.78 is 33.9. The number of halogens is 1. The van der Waals surface area contributed by atoms with E-state index in [-0.39, 0.29) is 59.7 Å². The highest BCUT2D eigenvalue weighted by atomic mass is 35.5. The molecular formula is C25H27ClN4O7S. The van der Waals surface area contributed by atoms with E-state index in [9.17, 15) is 27.9 Å². The molecule has 1 amide bonds. The van der Waals surface area contributed by atoms with Crippen LogP contribution in [0.5, 0.6) is 5.75 Å². The first-order chi connectivity index (χ1) is 18.0. The van der Waals surface area contributed by atoms with Gasteiger partial charge in [-0.1, -0.05) is 18.5 Å². The molecule has 2 saturated heterocycles. The van der Waals surface area contributed by atoms with E-state index in [1.807, 2.05) is 6.92 Å². The van der Waals surface area contributed by atoms with Crippen molar-refractivity contribution in [2.75, 3.05) is 30.3 Å². The Hall–Kier alpha value is -3.35. The smallest absolute Gasteiger partial charge is 0.253 e. The quantitative estimate of drug-likeness (QED) is 0.278. The number of nitrogens with one attached hydrogen (secondary N) is 2. The van der Waals surface area contributed by atoms with Crippen LogP contribution < -0.4 is 21.5 Å². The Balaban J connectivity index is 1.43. The maximum atomic E-state index is 13.5. The van der Waals surface area contributed by atoms with Gasteiger partial charge in [-0.25, -0.2) is 8.42 Å².